The second-order valence-electron chi connectivity index (χ2n) is 2.68. The van der Waals surface area contributed by atoms with Crippen LogP contribution in [-0.2, 0) is 6.54 Å². The van der Waals surface area contributed by atoms with Gasteiger partial charge in [-0.15, -0.1) is 0 Å². The predicted octanol–water partition coefficient (Wildman–Crippen LogP) is 1.36. The molecule has 0 amide bonds. The Labute approximate surface area is 76.5 Å². The number of aliphatic hydroxyl groups excluding tert-OH is 1. The maximum absolute atomic E-state index is 8.64. The third-order valence-corrected chi connectivity index (χ3v) is 1.95. The summed E-state index contributed by atoms with van der Waals surface area (Å²) < 4.78 is 4.92. The summed E-state index contributed by atoms with van der Waals surface area (Å²) in [6, 6.07) is 1.83. The van der Waals surface area contributed by atoms with E-state index in [0.717, 1.165) is 5.56 Å². The van der Waals surface area contributed by atoms with Gasteiger partial charge in [0.1, 0.15) is 0 Å². The van der Waals surface area contributed by atoms with Crippen molar-refractivity contribution in [2.75, 3.05) is 20.2 Å². The molecule has 0 bridgehead atoms. The minimum atomic E-state index is 0.159. The Kier molecular flexibility index (Phi) is 3.59. The van der Waals surface area contributed by atoms with Crippen LogP contribution >= 0.6 is 11.6 Å². The van der Waals surface area contributed by atoms with Gasteiger partial charge in [-0.05, 0) is 24.7 Å². The Balaban J connectivity index is 2.46. The minimum absolute atomic E-state index is 0.159. The number of furan rings is 1. The number of aliphatic hydroxyl groups is 1. The van der Waals surface area contributed by atoms with E-state index >= 15 is 0 Å². The van der Waals surface area contributed by atoms with Gasteiger partial charge in [-0.25, -0.2) is 0 Å². The van der Waals surface area contributed by atoms with E-state index in [4.69, 9.17) is 21.1 Å². The lowest BCUT2D eigenvalue weighted by molar-refractivity contribution is 0.217. The first-order chi connectivity index (χ1) is 5.74. The van der Waals surface area contributed by atoms with Gasteiger partial charge in [0.2, 0.25) is 0 Å². The van der Waals surface area contributed by atoms with Crippen molar-refractivity contribution in [3.63, 3.8) is 0 Å². The zero-order valence-corrected chi connectivity index (χ0v) is 7.71. The first kappa shape index (κ1) is 9.58. The van der Waals surface area contributed by atoms with Crippen LogP contribution in [0.2, 0.25) is 5.22 Å². The van der Waals surface area contributed by atoms with Crippen molar-refractivity contribution in [1.82, 2.24) is 4.90 Å². The highest BCUT2D eigenvalue weighted by molar-refractivity contribution is 6.29. The molecule has 3 nitrogen and oxygen atoms in total. The molecule has 1 N–H and O–H groups in total. The lowest BCUT2D eigenvalue weighted by Gasteiger charge is -2.13. The molecule has 1 rings (SSSR count). The van der Waals surface area contributed by atoms with E-state index in [2.05, 4.69) is 0 Å². The third-order valence-electron chi connectivity index (χ3n) is 1.62. The summed E-state index contributed by atoms with van der Waals surface area (Å²) in [6.45, 7) is 1.50. The zero-order chi connectivity index (χ0) is 8.97. The molecule has 12 heavy (non-hydrogen) atoms. The Hall–Kier alpha value is -0.510. The molecule has 0 fully saturated rings. The van der Waals surface area contributed by atoms with Gasteiger partial charge in [0.05, 0.1) is 12.9 Å². The van der Waals surface area contributed by atoms with Gasteiger partial charge in [-0.2, -0.15) is 0 Å². The molecular formula is C8H12ClNO2. The largest absolute Gasteiger partial charge is 0.453 e. The van der Waals surface area contributed by atoms with Gasteiger partial charge in [0.25, 0.3) is 0 Å². The molecule has 1 heterocycles. The molecule has 1 aromatic rings. The van der Waals surface area contributed by atoms with Crippen molar-refractivity contribution in [1.29, 1.82) is 0 Å². The summed E-state index contributed by atoms with van der Waals surface area (Å²) in [7, 11) is 1.92. The first-order valence-electron chi connectivity index (χ1n) is 3.75. The second-order valence-corrected chi connectivity index (χ2v) is 3.02. The van der Waals surface area contributed by atoms with E-state index in [-0.39, 0.29) is 6.61 Å². The maximum atomic E-state index is 8.64. The monoisotopic (exact) mass is 189 g/mol. The molecule has 68 valence electrons. The van der Waals surface area contributed by atoms with Crippen molar-refractivity contribution < 1.29 is 9.52 Å². The quantitative estimate of drug-likeness (QED) is 0.777. The van der Waals surface area contributed by atoms with E-state index in [1.807, 2.05) is 18.0 Å². The van der Waals surface area contributed by atoms with Crippen LogP contribution in [0.3, 0.4) is 0 Å². The van der Waals surface area contributed by atoms with E-state index < -0.39 is 0 Å². The predicted molar refractivity (Wildman–Crippen MR) is 47.1 cm³/mol. The van der Waals surface area contributed by atoms with Gasteiger partial charge in [0, 0.05) is 18.7 Å². The van der Waals surface area contributed by atoms with Crippen LogP contribution in [-0.4, -0.2) is 30.2 Å². The van der Waals surface area contributed by atoms with E-state index in [9.17, 15) is 0 Å². The van der Waals surface area contributed by atoms with Crippen molar-refractivity contribution in [3.05, 3.63) is 23.1 Å². The highest BCUT2D eigenvalue weighted by Gasteiger charge is 2.05. The Morgan fingerprint density at radius 2 is 2.42 bits per heavy atom. The fraction of sp³-hybridized carbons (Fsp3) is 0.500. The summed E-state index contributed by atoms with van der Waals surface area (Å²) >= 11 is 5.73. The molecule has 4 heteroatoms. The maximum Gasteiger partial charge on any atom is 0.197 e. The highest BCUT2D eigenvalue weighted by atomic mass is 35.5. The SMILES string of the molecule is CN(CCO)Cc1ccoc1Cl. The Morgan fingerprint density at radius 3 is 2.92 bits per heavy atom. The van der Waals surface area contributed by atoms with Crippen molar-refractivity contribution >= 4 is 11.6 Å². The molecule has 0 atom stereocenters. The van der Waals surface area contributed by atoms with Gasteiger partial charge in [0.15, 0.2) is 5.22 Å². The van der Waals surface area contributed by atoms with Crippen LogP contribution < -0.4 is 0 Å². The smallest absolute Gasteiger partial charge is 0.197 e. The molecule has 0 aliphatic rings. The van der Waals surface area contributed by atoms with E-state index in [1.54, 1.807) is 6.26 Å². The van der Waals surface area contributed by atoms with Gasteiger partial charge >= 0.3 is 0 Å². The molecule has 1 aromatic heterocycles. The summed E-state index contributed by atoms with van der Waals surface area (Å²) in [4.78, 5) is 1.97. The molecule has 0 unspecified atom stereocenters. The number of halogens is 1. The summed E-state index contributed by atoms with van der Waals surface area (Å²) in [5.41, 5.74) is 0.951. The molecule has 0 saturated heterocycles. The van der Waals surface area contributed by atoms with Crippen molar-refractivity contribution in [2.24, 2.45) is 0 Å². The fourth-order valence-corrected chi connectivity index (χ4v) is 1.15. The van der Waals surface area contributed by atoms with Crippen LogP contribution in [0.25, 0.3) is 0 Å². The lowest BCUT2D eigenvalue weighted by atomic mass is 10.3. The van der Waals surface area contributed by atoms with Gasteiger partial charge in [-0.1, -0.05) is 0 Å². The van der Waals surface area contributed by atoms with Crippen LogP contribution in [0, 0.1) is 0 Å². The molecular weight excluding hydrogens is 178 g/mol. The fourth-order valence-electron chi connectivity index (χ4n) is 0.973. The molecule has 0 aliphatic heterocycles. The zero-order valence-electron chi connectivity index (χ0n) is 6.96. The third kappa shape index (κ3) is 2.52. The van der Waals surface area contributed by atoms with Crippen LogP contribution in [0.15, 0.2) is 16.7 Å². The minimum Gasteiger partial charge on any atom is -0.453 e. The Morgan fingerprint density at radius 1 is 1.67 bits per heavy atom. The van der Waals surface area contributed by atoms with Gasteiger partial charge < -0.3 is 9.52 Å². The van der Waals surface area contributed by atoms with Crippen LogP contribution in [0.1, 0.15) is 5.56 Å². The summed E-state index contributed by atoms with van der Waals surface area (Å²) in [5.74, 6) is 0. The average Bonchev–Trinajstić information content (AvgIpc) is 2.37. The summed E-state index contributed by atoms with van der Waals surface area (Å²) in [5, 5.41) is 9.07. The van der Waals surface area contributed by atoms with Crippen LogP contribution in [0.5, 0.6) is 0 Å². The average molecular weight is 190 g/mol. The molecule has 0 aromatic carbocycles. The normalized spacial score (nSPS) is 11.0. The van der Waals surface area contributed by atoms with E-state index in [1.165, 1.54) is 0 Å². The number of hydrogen-bond acceptors (Lipinski definition) is 3. The second kappa shape index (κ2) is 4.50. The number of nitrogens with zero attached hydrogens (tertiary/aromatic N) is 1. The van der Waals surface area contributed by atoms with Crippen LogP contribution in [0.4, 0.5) is 0 Å². The lowest BCUT2D eigenvalue weighted by Crippen LogP contribution is -2.21. The molecule has 0 radical (unpaired) electrons. The topological polar surface area (TPSA) is 36.6 Å². The standard InChI is InChI=1S/C8H12ClNO2/c1-10(3-4-11)6-7-2-5-12-8(7)9/h2,5,11H,3-4,6H2,1H3. The van der Waals surface area contributed by atoms with Gasteiger partial charge in [-0.3, -0.25) is 4.90 Å². The molecule has 0 saturated carbocycles. The number of hydrogen-bond donors (Lipinski definition) is 1. The van der Waals surface area contributed by atoms with Crippen molar-refractivity contribution in [2.45, 2.75) is 6.54 Å². The highest BCUT2D eigenvalue weighted by Crippen LogP contribution is 2.17. The summed E-state index contributed by atoms with van der Waals surface area (Å²) in [6.07, 6.45) is 1.56. The first-order valence-corrected chi connectivity index (χ1v) is 4.13. The number of rotatable bonds is 4. The van der Waals surface area contributed by atoms with Crippen molar-refractivity contribution in [3.8, 4) is 0 Å². The van der Waals surface area contributed by atoms with E-state index in [0.29, 0.717) is 18.3 Å². The number of likely N-dealkylation sites (N-methyl/N-ethyl adjacent to an activating group) is 1. The molecule has 0 spiro atoms. The molecule has 0 aliphatic carbocycles. The Bertz CT molecular complexity index is 237.